The Morgan fingerprint density at radius 3 is 2.41 bits per heavy atom. The molecule has 4 nitrogen and oxygen atoms in total. The minimum absolute atomic E-state index is 0.0482. The first-order valence-electron chi connectivity index (χ1n) is 6.36. The molecule has 0 atom stereocenters. The summed E-state index contributed by atoms with van der Waals surface area (Å²) in [5.74, 6) is -0.877. The van der Waals surface area contributed by atoms with Gasteiger partial charge in [-0.2, -0.15) is 13.8 Å². The molecule has 0 spiro atoms. The number of anilines is 2. The summed E-state index contributed by atoms with van der Waals surface area (Å²) in [6.45, 7) is 0. The average Bonchev–Trinajstić information content (AvgIpc) is 2.99. The zero-order valence-electron chi connectivity index (χ0n) is 11.1. The van der Waals surface area contributed by atoms with Crippen LogP contribution in [0.3, 0.4) is 0 Å². The van der Waals surface area contributed by atoms with Gasteiger partial charge in [-0.15, -0.1) is 0 Å². The molecule has 0 aliphatic carbocycles. The third-order valence-corrected chi connectivity index (χ3v) is 3.01. The summed E-state index contributed by atoms with van der Waals surface area (Å²) in [7, 11) is 0. The molecular weight excluding hydrogens is 312 g/mol. The number of rotatable bonds is 4. The standard InChI is InChI=1S/C15H10ClF2N3O/c16-15(17,18)14-20-13(21-22-14)10-5-4-8-12(9-10)19-11-6-2-1-3-7-11/h1-9,19H. The summed E-state index contributed by atoms with van der Waals surface area (Å²) >= 11 is 4.86. The fraction of sp³-hybridized carbons (Fsp3) is 0.0667. The molecule has 1 N–H and O–H groups in total. The summed E-state index contributed by atoms with van der Waals surface area (Å²) in [4.78, 5) is 3.61. The first kappa shape index (κ1) is 14.5. The predicted octanol–water partition coefficient (Wildman–Crippen LogP) is 4.77. The molecular formula is C15H10ClF2N3O. The van der Waals surface area contributed by atoms with Crippen LogP contribution in [0.5, 0.6) is 0 Å². The monoisotopic (exact) mass is 321 g/mol. The largest absolute Gasteiger partial charge is 0.400 e. The molecule has 0 amide bonds. The van der Waals surface area contributed by atoms with Gasteiger partial charge in [-0.3, -0.25) is 0 Å². The van der Waals surface area contributed by atoms with Gasteiger partial charge < -0.3 is 9.84 Å². The van der Waals surface area contributed by atoms with Crippen molar-refractivity contribution in [3.63, 3.8) is 0 Å². The molecule has 0 saturated heterocycles. The number of alkyl halides is 3. The van der Waals surface area contributed by atoms with Crippen LogP contribution in [0.1, 0.15) is 5.89 Å². The highest BCUT2D eigenvalue weighted by molar-refractivity contribution is 6.21. The Bertz CT molecular complexity index is 772. The Hall–Kier alpha value is -2.47. The molecule has 22 heavy (non-hydrogen) atoms. The van der Waals surface area contributed by atoms with E-state index in [0.717, 1.165) is 11.4 Å². The number of para-hydroxylation sites is 1. The molecule has 0 saturated carbocycles. The van der Waals surface area contributed by atoms with E-state index in [2.05, 4.69) is 20.0 Å². The second-order valence-corrected chi connectivity index (χ2v) is 4.97. The van der Waals surface area contributed by atoms with E-state index in [1.54, 1.807) is 18.2 Å². The molecule has 0 unspecified atom stereocenters. The highest BCUT2D eigenvalue weighted by Gasteiger charge is 2.35. The molecule has 0 fully saturated rings. The number of nitrogens with one attached hydrogen (secondary N) is 1. The Labute approximate surface area is 129 Å². The topological polar surface area (TPSA) is 51.0 Å². The molecule has 0 radical (unpaired) electrons. The predicted molar refractivity (Wildman–Crippen MR) is 79.2 cm³/mol. The Balaban J connectivity index is 1.86. The zero-order chi connectivity index (χ0) is 15.6. The molecule has 2 aromatic carbocycles. The molecule has 1 heterocycles. The molecule has 3 aromatic rings. The fourth-order valence-electron chi connectivity index (χ4n) is 1.88. The second-order valence-electron chi connectivity index (χ2n) is 4.49. The van der Waals surface area contributed by atoms with Crippen molar-refractivity contribution in [2.45, 2.75) is 5.38 Å². The van der Waals surface area contributed by atoms with E-state index in [0.29, 0.717) is 5.56 Å². The number of benzene rings is 2. The summed E-state index contributed by atoms with van der Waals surface area (Å²) in [5, 5.41) is 3.04. The third-order valence-electron chi connectivity index (χ3n) is 2.85. The van der Waals surface area contributed by atoms with Gasteiger partial charge in [0.05, 0.1) is 0 Å². The first-order valence-corrected chi connectivity index (χ1v) is 6.73. The maximum Gasteiger partial charge on any atom is 0.400 e. The van der Waals surface area contributed by atoms with Crippen molar-refractivity contribution in [3.8, 4) is 11.4 Å². The summed E-state index contributed by atoms with van der Waals surface area (Å²) in [6, 6.07) is 16.6. The zero-order valence-corrected chi connectivity index (χ0v) is 11.9. The molecule has 0 aliphatic rings. The van der Waals surface area contributed by atoms with E-state index < -0.39 is 11.3 Å². The van der Waals surface area contributed by atoms with Crippen LogP contribution in [0.4, 0.5) is 20.2 Å². The highest BCUT2D eigenvalue weighted by atomic mass is 35.5. The Kier molecular flexibility index (Phi) is 3.77. The summed E-state index contributed by atoms with van der Waals surface area (Å²) in [6.07, 6.45) is 0. The number of hydrogen-bond acceptors (Lipinski definition) is 4. The van der Waals surface area contributed by atoms with Crippen molar-refractivity contribution < 1.29 is 13.3 Å². The van der Waals surface area contributed by atoms with Gasteiger partial charge in [-0.05, 0) is 35.9 Å². The van der Waals surface area contributed by atoms with Gasteiger partial charge in [0, 0.05) is 16.9 Å². The van der Waals surface area contributed by atoms with Gasteiger partial charge in [0.1, 0.15) is 0 Å². The van der Waals surface area contributed by atoms with Gasteiger partial charge in [0.2, 0.25) is 5.82 Å². The van der Waals surface area contributed by atoms with Gasteiger partial charge in [-0.1, -0.05) is 35.5 Å². The van der Waals surface area contributed by atoms with Crippen LogP contribution in [-0.4, -0.2) is 10.1 Å². The van der Waals surface area contributed by atoms with Crippen LogP contribution >= 0.6 is 11.6 Å². The lowest BCUT2D eigenvalue weighted by Gasteiger charge is -2.06. The van der Waals surface area contributed by atoms with Crippen molar-refractivity contribution in [2.24, 2.45) is 0 Å². The summed E-state index contributed by atoms with van der Waals surface area (Å²) < 4.78 is 30.3. The van der Waals surface area contributed by atoms with E-state index in [1.807, 2.05) is 36.4 Å². The molecule has 3 rings (SSSR count). The van der Waals surface area contributed by atoms with Crippen LogP contribution in [0.15, 0.2) is 59.1 Å². The van der Waals surface area contributed by atoms with Crippen molar-refractivity contribution in [2.75, 3.05) is 5.32 Å². The van der Waals surface area contributed by atoms with E-state index in [4.69, 9.17) is 11.6 Å². The number of halogens is 3. The maximum absolute atomic E-state index is 12.9. The first-order chi connectivity index (χ1) is 10.5. The summed E-state index contributed by atoms with van der Waals surface area (Å²) in [5.41, 5.74) is 2.21. The van der Waals surface area contributed by atoms with Gasteiger partial charge >= 0.3 is 11.3 Å². The van der Waals surface area contributed by atoms with Crippen LogP contribution in [-0.2, 0) is 5.38 Å². The van der Waals surface area contributed by atoms with Gasteiger partial charge in [0.15, 0.2) is 0 Å². The minimum atomic E-state index is -3.68. The normalized spacial score (nSPS) is 11.4. The Morgan fingerprint density at radius 1 is 1.00 bits per heavy atom. The molecule has 0 aliphatic heterocycles. The maximum atomic E-state index is 12.9. The number of nitrogens with zero attached hydrogens (tertiary/aromatic N) is 2. The lowest BCUT2D eigenvalue weighted by molar-refractivity contribution is 0.0551. The van der Waals surface area contributed by atoms with Gasteiger partial charge in [0.25, 0.3) is 0 Å². The molecule has 7 heteroatoms. The highest BCUT2D eigenvalue weighted by Crippen LogP contribution is 2.32. The lowest BCUT2D eigenvalue weighted by Crippen LogP contribution is -2.03. The van der Waals surface area contributed by atoms with Crippen molar-refractivity contribution in [3.05, 3.63) is 60.5 Å². The average molecular weight is 322 g/mol. The van der Waals surface area contributed by atoms with Crippen molar-refractivity contribution >= 4 is 23.0 Å². The second kappa shape index (κ2) is 5.73. The molecule has 1 aromatic heterocycles. The third kappa shape index (κ3) is 3.23. The number of aromatic nitrogens is 2. The SMILES string of the molecule is FC(F)(Cl)c1nc(-c2cccc(Nc3ccccc3)c2)no1. The van der Waals surface area contributed by atoms with Gasteiger partial charge in [-0.25, -0.2) is 0 Å². The van der Waals surface area contributed by atoms with E-state index >= 15 is 0 Å². The fourth-order valence-corrected chi connectivity index (χ4v) is 1.96. The van der Waals surface area contributed by atoms with E-state index in [9.17, 15) is 8.78 Å². The van der Waals surface area contributed by atoms with Crippen LogP contribution in [0.2, 0.25) is 0 Å². The lowest BCUT2D eigenvalue weighted by atomic mass is 10.2. The van der Waals surface area contributed by atoms with Crippen LogP contribution in [0.25, 0.3) is 11.4 Å². The van der Waals surface area contributed by atoms with E-state index in [1.165, 1.54) is 0 Å². The van der Waals surface area contributed by atoms with Crippen molar-refractivity contribution in [1.29, 1.82) is 0 Å². The van der Waals surface area contributed by atoms with Crippen molar-refractivity contribution in [1.82, 2.24) is 10.1 Å². The van der Waals surface area contributed by atoms with Crippen LogP contribution in [0, 0.1) is 0 Å². The number of hydrogen-bond donors (Lipinski definition) is 1. The molecule has 0 bridgehead atoms. The molecule has 112 valence electrons. The van der Waals surface area contributed by atoms with E-state index in [-0.39, 0.29) is 5.82 Å². The smallest absolute Gasteiger partial charge is 0.356 e. The van der Waals surface area contributed by atoms with Crippen LogP contribution < -0.4 is 5.32 Å². The Morgan fingerprint density at radius 2 is 1.73 bits per heavy atom. The quantitative estimate of drug-likeness (QED) is 0.703. The minimum Gasteiger partial charge on any atom is -0.356 e.